The molecule has 9 rings (SSSR count). The van der Waals surface area contributed by atoms with Crippen LogP contribution in [-0.2, 0) is 32.0 Å². The third kappa shape index (κ3) is 10.8. The third-order valence-corrected chi connectivity index (χ3v) is 12.7. The molecule has 0 saturated heterocycles. The van der Waals surface area contributed by atoms with Crippen LogP contribution in [0, 0.1) is 22.7 Å². The number of aromatic nitrogens is 4. The zero-order valence-corrected chi connectivity index (χ0v) is 39.1. The van der Waals surface area contributed by atoms with Crippen LogP contribution in [0.3, 0.4) is 0 Å². The number of fused-ring (bicyclic) bond motifs is 8. The van der Waals surface area contributed by atoms with Crippen LogP contribution >= 0.6 is 0 Å². The Morgan fingerprint density at radius 3 is 1.53 bits per heavy atom. The minimum Gasteiger partial charge on any atom is -0.481 e. The summed E-state index contributed by atoms with van der Waals surface area (Å²) < 4.78 is 0. The molecule has 0 amide bonds. The molecule has 4 aromatic carbocycles. The number of anilines is 2. The Kier molecular flexibility index (Phi) is 13.9. The molecule has 15 nitrogen and oxygen atoms in total. The first-order valence-corrected chi connectivity index (χ1v) is 23.4. The van der Waals surface area contributed by atoms with E-state index < -0.39 is 23.9 Å². The fraction of sp³-hybridized carbons (Fsp3) is 0.138. The quantitative estimate of drug-likeness (QED) is 0.0448. The zero-order valence-electron chi connectivity index (χ0n) is 39.1. The Morgan fingerprint density at radius 2 is 0.959 bits per heavy atom. The van der Waals surface area contributed by atoms with Gasteiger partial charge in [-0.25, -0.2) is 9.97 Å². The molecule has 2 aliphatic heterocycles. The highest BCUT2D eigenvalue weighted by Crippen LogP contribution is 2.43. The standard InChI is InChI=1S/C58H45N7O8/c59-31-33-6-10-35(11-7-33)54-46-26-38(16-22-50(66)67)44(62-46)30-45-39(17-23-51(68)69)27-47(63-45)55(36-12-8-34(32-60)9-13-36)49-29-41(19-25-53(72)73)58(65-49)56(57-40(18-24-52(70)71)28-48(54)64-57)37-14-20-43(21-15-37)61-42-4-2-1-3-5-42/h1-15,20-21,26-30,61-62,65H,16-19,22-25H2,(H,66,67)(H,68,69)(H,70,71)(H,72,73). The van der Waals surface area contributed by atoms with Crippen LogP contribution in [0.25, 0.3) is 78.7 Å². The summed E-state index contributed by atoms with van der Waals surface area (Å²) in [7, 11) is 0. The number of benzene rings is 4. The molecule has 0 spiro atoms. The zero-order chi connectivity index (χ0) is 51.2. The summed E-state index contributed by atoms with van der Waals surface area (Å²) >= 11 is 0. The molecule has 2 aliphatic rings. The van der Waals surface area contributed by atoms with E-state index in [2.05, 4.69) is 27.4 Å². The second-order valence-corrected chi connectivity index (χ2v) is 17.6. The summed E-state index contributed by atoms with van der Waals surface area (Å²) in [6.07, 6.45) is 2.97. The average molecular weight is 968 g/mol. The number of carboxylic acids is 4. The summed E-state index contributed by atoms with van der Waals surface area (Å²) in [4.78, 5) is 66.9. The summed E-state index contributed by atoms with van der Waals surface area (Å²) in [5, 5.41) is 63.2. The molecule has 0 fully saturated rings. The van der Waals surface area contributed by atoms with E-state index in [1.807, 2.05) is 78.9 Å². The van der Waals surface area contributed by atoms with Gasteiger partial charge in [-0.1, -0.05) is 54.6 Å². The van der Waals surface area contributed by atoms with E-state index in [0.29, 0.717) is 112 Å². The lowest BCUT2D eigenvalue weighted by molar-refractivity contribution is -0.138. The SMILES string of the molecule is N#Cc1ccc(-c2c3nc(c(-c4ccc(Nc5ccccc5)cc4)c4[nH]c(cc4CCC(=O)O)c(-c4ccc(C#N)cc4)c4nc(cc5[nH]c2cc5CCC(=O)O)C(CCC(=O)O)=C4)C(CCC(=O)O)=C3)cc1. The fourth-order valence-electron chi connectivity index (χ4n) is 9.17. The third-order valence-electron chi connectivity index (χ3n) is 12.7. The molecular weight excluding hydrogens is 923 g/mol. The van der Waals surface area contributed by atoms with Crippen molar-refractivity contribution in [3.05, 3.63) is 166 Å². The number of H-pyrrole nitrogens is 2. The maximum Gasteiger partial charge on any atom is 0.303 e. The molecule has 0 atom stereocenters. The van der Waals surface area contributed by atoms with Crippen molar-refractivity contribution in [3.63, 3.8) is 0 Å². The molecule has 5 heterocycles. The minimum atomic E-state index is -1.04. The summed E-state index contributed by atoms with van der Waals surface area (Å²) in [6, 6.07) is 40.8. The molecule has 73 heavy (non-hydrogen) atoms. The van der Waals surface area contributed by atoms with Crippen LogP contribution in [0.4, 0.5) is 11.4 Å². The molecule has 3 aromatic heterocycles. The van der Waals surface area contributed by atoms with Gasteiger partial charge < -0.3 is 35.7 Å². The van der Waals surface area contributed by atoms with Crippen LogP contribution in [0.1, 0.15) is 83.6 Å². The van der Waals surface area contributed by atoms with Gasteiger partial charge in [0.15, 0.2) is 0 Å². The van der Waals surface area contributed by atoms with E-state index in [1.165, 1.54) is 0 Å². The van der Waals surface area contributed by atoms with Crippen molar-refractivity contribution in [1.82, 2.24) is 19.9 Å². The highest BCUT2D eigenvalue weighted by molar-refractivity contribution is 6.03. The number of hydrogen-bond acceptors (Lipinski definition) is 9. The molecule has 0 saturated carbocycles. The topological polar surface area (TPSA) is 266 Å². The summed E-state index contributed by atoms with van der Waals surface area (Å²) in [5.74, 6) is -4.12. The first-order valence-electron chi connectivity index (χ1n) is 23.4. The number of aryl methyl sites for hydroxylation is 2. The average Bonchev–Trinajstić information content (AvgIpc) is 4.19. The lowest BCUT2D eigenvalue weighted by Gasteiger charge is -2.12. The Morgan fingerprint density at radius 1 is 0.493 bits per heavy atom. The van der Waals surface area contributed by atoms with Crippen molar-refractivity contribution in [1.29, 1.82) is 10.5 Å². The van der Waals surface area contributed by atoms with E-state index in [-0.39, 0.29) is 51.4 Å². The van der Waals surface area contributed by atoms with Gasteiger partial charge in [0.1, 0.15) is 0 Å². The van der Waals surface area contributed by atoms with Gasteiger partial charge >= 0.3 is 23.9 Å². The van der Waals surface area contributed by atoms with Gasteiger partial charge in [-0.3, -0.25) is 19.2 Å². The van der Waals surface area contributed by atoms with Gasteiger partial charge in [-0.2, -0.15) is 10.5 Å². The van der Waals surface area contributed by atoms with E-state index in [1.54, 1.807) is 54.6 Å². The van der Waals surface area contributed by atoms with E-state index in [0.717, 1.165) is 11.4 Å². The Hall–Kier alpha value is -9.86. The van der Waals surface area contributed by atoms with Crippen LogP contribution in [0.5, 0.6) is 0 Å². The number of carboxylic acid groups (broad SMARTS) is 4. The lowest BCUT2D eigenvalue weighted by atomic mass is 9.95. The van der Waals surface area contributed by atoms with Crippen LogP contribution < -0.4 is 5.32 Å². The second kappa shape index (κ2) is 21.0. The van der Waals surface area contributed by atoms with E-state index >= 15 is 0 Å². The van der Waals surface area contributed by atoms with Gasteiger partial charge in [-0.15, -0.1) is 0 Å². The van der Waals surface area contributed by atoms with Crippen molar-refractivity contribution in [2.24, 2.45) is 0 Å². The number of para-hydroxylation sites is 1. The lowest BCUT2D eigenvalue weighted by Crippen LogP contribution is -1.99. The maximum atomic E-state index is 12.4. The first-order chi connectivity index (χ1) is 35.3. The molecule has 8 bridgehead atoms. The number of nitriles is 2. The number of nitrogens with one attached hydrogen (secondary N) is 3. The van der Waals surface area contributed by atoms with Gasteiger partial charge in [-0.05, 0) is 144 Å². The van der Waals surface area contributed by atoms with Crippen molar-refractivity contribution < 1.29 is 39.6 Å². The van der Waals surface area contributed by atoms with Crippen LogP contribution in [-0.4, -0.2) is 64.2 Å². The Labute approximate surface area is 417 Å². The molecule has 15 heteroatoms. The second-order valence-electron chi connectivity index (χ2n) is 17.6. The van der Waals surface area contributed by atoms with Crippen molar-refractivity contribution in [3.8, 4) is 45.5 Å². The molecule has 0 aliphatic carbocycles. The summed E-state index contributed by atoms with van der Waals surface area (Å²) in [5.41, 5.74) is 12.1. The van der Waals surface area contributed by atoms with E-state index in [9.17, 15) is 50.1 Å². The Balaban J connectivity index is 1.49. The predicted molar refractivity (Wildman–Crippen MR) is 278 cm³/mol. The molecule has 360 valence electrons. The number of aromatic amines is 2. The highest BCUT2D eigenvalue weighted by Gasteiger charge is 2.25. The van der Waals surface area contributed by atoms with Crippen LogP contribution in [0.15, 0.2) is 121 Å². The first kappa shape index (κ1) is 48.2. The minimum absolute atomic E-state index is 0.0444. The van der Waals surface area contributed by atoms with E-state index in [4.69, 9.17) is 9.97 Å². The van der Waals surface area contributed by atoms with Gasteiger partial charge in [0, 0.05) is 70.3 Å². The predicted octanol–water partition coefficient (Wildman–Crippen LogP) is 11.6. The normalized spacial score (nSPS) is 11.8. The molecular formula is C58H45N7O8. The number of rotatable bonds is 17. The monoisotopic (exact) mass is 967 g/mol. The van der Waals surface area contributed by atoms with Crippen molar-refractivity contribution in [2.45, 2.75) is 51.4 Å². The number of aliphatic carboxylic acids is 4. The van der Waals surface area contributed by atoms with Gasteiger partial charge in [0.2, 0.25) is 0 Å². The van der Waals surface area contributed by atoms with Gasteiger partial charge in [0.05, 0.1) is 51.6 Å². The number of hydrogen-bond donors (Lipinski definition) is 7. The molecule has 7 aromatic rings. The molecule has 0 radical (unpaired) electrons. The van der Waals surface area contributed by atoms with Crippen molar-refractivity contribution in [2.75, 3.05) is 5.32 Å². The number of carbonyl (C=O) groups is 4. The smallest absolute Gasteiger partial charge is 0.303 e. The molecule has 0 unspecified atom stereocenters. The molecule has 7 N–H and O–H groups in total. The van der Waals surface area contributed by atoms with Crippen molar-refractivity contribution >= 4 is 80.6 Å². The summed E-state index contributed by atoms with van der Waals surface area (Å²) in [6.45, 7) is 0. The van der Waals surface area contributed by atoms with Crippen LogP contribution in [0.2, 0.25) is 0 Å². The fourth-order valence-corrected chi connectivity index (χ4v) is 9.17. The largest absolute Gasteiger partial charge is 0.481 e. The maximum absolute atomic E-state index is 12.4. The highest BCUT2D eigenvalue weighted by atomic mass is 16.4. The van der Waals surface area contributed by atoms with Gasteiger partial charge in [0.25, 0.3) is 0 Å². The number of allylic oxidation sites excluding steroid dienone is 2. The Bertz CT molecular complexity index is 3620. The number of nitrogens with zero attached hydrogens (tertiary/aromatic N) is 4.